The minimum atomic E-state index is -0.498. The van der Waals surface area contributed by atoms with Gasteiger partial charge in [-0.05, 0) is 42.5 Å². The van der Waals surface area contributed by atoms with Crippen molar-refractivity contribution in [3.05, 3.63) is 70.2 Å². The summed E-state index contributed by atoms with van der Waals surface area (Å²) in [5.41, 5.74) is 3.36. The fourth-order valence-corrected chi connectivity index (χ4v) is 4.15. The molecule has 6 heteroatoms. The highest BCUT2D eigenvalue weighted by molar-refractivity contribution is 7.99. The van der Waals surface area contributed by atoms with Gasteiger partial charge in [-0.3, -0.25) is 9.59 Å². The number of halogens is 1. The summed E-state index contributed by atoms with van der Waals surface area (Å²) < 4.78 is 0. The van der Waals surface area contributed by atoms with Crippen molar-refractivity contribution in [2.24, 2.45) is 5.92 Å². The van der Waals surface area contributed by atoms with Crippen LogP contribution in [-0.4, -0.2) is 35.1 Å². The maximum absolute atomic E-state index is 13.2. The van der Waals surface area contributed by atoms with Crippen LogP contribution in [0.4, 0.5) is 0 Å². The van der Waals surface area contributed by atoms with Gasteiger partial charge in [0, 0.05) is 23.9 Å². The highest BCUT2D eigenvalue weighted by atomic mass is 35.5. The predicted octanol–water partition coefficient (Wildman–Crippen LogP) is 5.46. The summed E-state index contributed by atoms with van der Waals surface area (Å²) in [5, 5.41) is 3.64. The van der Waals surface area contributed by atoms with Crippen LogP contribution in [0.2, 0.25) is 5.02 Å². The van der Waals surface area contributed by atoms with E-state index in [0.29, 0.717) is 36.2 Å². The first-order valence-corrected chi connectivity index (χ1v) is 12.3. The molecule has 0 aliphatic rings. The number of carbonyl (C=O) groups excluding carboxylic acids is 2. The van der Waals surface area contributed by atoms with Crippen molar-refractivity contribution in [1.82, 2.24) is 10.2 Å². The van der Waals surface area contributed by atoms with Gasteiger partial charge in [0.25, 0.3) is 0 Å². The summed E-state index contributed by atoms with van der Waals surface area (Å²) in [6.45, 7) is 9.10. The van der Waals surface area contributed by atoms with Gasteiger partial charge in [0.05, 0.1) is 5.75 Å². The van der Waals surface area contributed by atoms with Gasteiger partial charge < -0.3 is 10.2 Å². The minimum Gasteiger partial charge on any atom is -0.354 e. The van der Waals surface area contributed by atoms with E-state index in [1.54, 1.807) is 16.7 Å². The molecule has 31 heavy (non-hydrogen) atoms. The molecule has 0 fully saturated rings. The van der Waals surface area contributed by atoms with Crippen molar-refractivity contribution in [2.45, 2.75) is 52.5 Å². The Kier molecular flexibility index (Phi) is 10.4. The van der Waals surface area contributed by atoms with Crippen LogP contribution >= 0.6 is 23.4 Å². The number of aryl methyl sites for hydroxylation is 1. The lowest BCUT2D eigenvalue weighted by Gasteiger charge is -2.31. The quantitative estimate of drug-likeness (QED) is 0.484. The Morgan fingerprint density at radius 2 is 1.65 bits per heavy atom. The highest BCUT2D eigenvalue weighted by Gasteiger charge is 2.28. The Labute approximate surface area is 195 Å². The van der Waals surface area contributed by atoms with E-state index < -0.39 is 6.04 Å². The molecule has 0 saturated heterocycles. The first-order chi connectivity index (χ1) is 14.8. The average Bonchev–Trinajstić information content (AvgIpc) is 2.74. The maximum atomic E-state index is 13.2. The molecule has 0 aromatic heterocycles. The number of hydrogen-bond acceptors (Lipinski definition) is 3. The maximum Gasteiger partial charge on any atom is 0.242 e. The lowest BCUT2D eigenvalue weighted by molar-refractivity contribution is -0.139. The number of rotatable bonds is 11. The zero-order valence-electron chi connectivity index (χ0n) is 18.9. The fraction of sp³-hybridized carbons (Fsp3) is 0.440. The van der Waals surface area contributed by atoms with Gasteiger partial charge in [0.15, 0.2) is 0 Å². The molecule has 0 aliphatic heterocycles. The Balaban J connectivity index is 2.10. The molecule has 168 valence electrons. The summed E-state index contributed by atoms with van der Waals surface area (Å²) in [4.78, 5) is 27.8. The lowest BCUT2D eigenvalue weighted by Crippen LogP contribution is -2.50. The third-order valence-corrected chi connectivity index (χ3v) is 6.19. The van der Waals surface area contributed by atoms with Crippen molar-refractivity contribution in [1.29, 1.82) is 0 Å². The SMILES string of the molecule is CC[C@H](C(=O)NCC(C)C)N(Cc1ccc(Cl)cc1)C(=O)CSCc1ccc(C)cc1. The zero-order chi connectivity index (χ0) is 22.8. The standard InChI is InChI=1S/C25H33ClN2O2S/c1-5-23(25(30)27-14-18(2)3)28(15-20-10-12-22(26)13-11-20)24(29)17-31-16-21-8-6-19(4)7-9-21/h6-13,18,23H,5,14-17H2,1-4H3,(H,27,30)/t23-/m1/s1. The van der Waals surface area contributed by atoms with E-state index in [-0.39, 0.29) is 11.8 Å². The summed E-state index contributed by atoms with van der Waals surface area (Å²) >= 11 is 7.59. The van der Waals surface area contributed by atoms with Gasteiger partial charge in [0.1, 0.15) is 6.04 Å². The average molecular weight is 461 g/mol. The monoisotopic (exact) mass is 460 g/mol. The van der Waals surface area contributed by atoms with Gasteiger partial charge >= 0.3 is 0 Å². The number of hydrogen-bond donors (Lipinski definition) is 1. The van der Waals surface area contributed by atoms with Gasteiger partial charge in [-0.2, -0.15) is 0 Å². The first kappa shape index (κ1) is 25.3. The number of nitrogens with one attached hydrogen (secondary N) is 1. The molecule has 1 N–H and O–H groups in total. The van der Waals surface area contributed by atoms with Crippen LogP contribution in [0.5, 0.6) is 0 Å². The molecular formula is C25H33ClN2O2S. The molecule has 4 nitrogen and oxygen atoms in total. The van der Waals surface area contributed by atoms with Crippen LogP contribution in [0, 0.1) is 12.8 Å². The van der Waals surface area contributed by atoms with E-state index in [9.17, 15) is 9.59 Å². The molecule has 1 atom stereocenters. The highest BCUT2D eigenvalue weighted by Crippen LogP contribution is 2.19. The van der Waals surface area contributed by atoms with E-state index in [4.69, 9.17) is 11.6 Å². The molecular weight excluding hydrogens is 428 g/mol. The van der Waals surface area contributed by atoms with E-state index >= 15 is 0 Å². The largest absolute Gasteiger partial charge is 0.354 e. The normalized spacial score (nSPS) is 11.9. The molecule has 0 bridgehead atoms. The predicted molar refractivity (Wildman–Crippen MR) is 131 cm³/mol. The second-order valence-corrected chi connectivity index (χ2v) is 9.61. The van der Waals surface area contributed by atoms with Crippen LogP contribution in [0.1, 0.15) is 43.9 Å². The van der Waals surface area contributed by atoms with Gasteiger partial charge in [-0.25, -0.2) is 0 Å². The van der Waals surface area contributed by atoms with Crippen LogP contribution in [0.15, 0.2) is 48.5 Å². The number of amides is 2. The molecule has 0 aliphatic carbocycles. The number of carbonyl (C=O) groups is 2. The van der Waals surface area contributed by atoms with Gasteiger partial charge in [0.2, 0.25) is 11.8 Å². The van der Waals surface area contributed by atoms with Gasteiger partial charge in [-0.1, -0.05) is 74.3 Å². The van der Waals surface area contributed by atoms with E-state index in [1.165, 1.54) is 11.1 Å². The second-order valence-electron chi connectivity index (χ2n) is 8.19. The van der Waals surface area contributed by atoms with Crippen LogP contribution in [0.3, 0.4) is 0 Å². The van der Waals surface area contributed by atoms with Crippen molar-refractivity contribution in [3.8, 4) is 0 Å². The van der Waals surface area contributed by atoms with Gasteiger partial charge in [-0.15, -0.1) is 11.8 Å². The first-order valence-electron chi connectivity index (χ1n) is 10.7. The third-order valence-electron chi connectivity index (χ3n) is 4.95. The molecule has 2 aromatic carbocycles. The fourth-order valence-electron chi connectivity index (χ4n) is 3.15. The Morgan fingerprint density at radius 1 is 1.03 bits per heavy atom. The number of benzene rings is 2. The lowest BCUT2D eigenvalue weighted by atomic mass is 10.1. The smallest absolute Gasteiger partial charge is 0.242 e. The Bertz CT molecular complexity index is 838. The van der Waals surface area contributed by atoms with Crippen molar-refractivity contribution in [3.63, 3.8) is 0 Å². The molecule has 2 aromatic rings. The van der Waals surface area contributed by atoms with E-state index in [2.05, 4.69) is 50.4 Å². The number of nitrogens with zero attached hydrogens (tertiary/aromatic N) is 1. The molecule has 0 unspecified atom stereocenters. The second kappa shape index (κ2) is 12.8. The number of thioether (sulfide) groups is 1. The summed E-state index contributed by atoms with van der Waals surface area (Å²) in [6, 6.07) is 15.3. The summed E-state index contributed by atoms with van der Waals surface area (Å²) in [6.07, 6.45) is 0.561. The molecule has 2 amide bonds. The van der Waals surface area contributed by atoms with Crippen molar-refractivity contribution < 1.29 is 9.59 Å². The zero-order valence-corrected chi connectivity index (χ0v) is 20.4. The molecule has 0 heterocycles. The molecule has 2 rings (SSSR count). The molecule has 0 saturated carbocycles. The van der Waals surface area contributed by atoms with Crippen molar-refractivity contribution in [2.75, 3.05) is 12.3 Å². The van der Waals surface area contributed by atoms with E-state index in [0.717, 1.165) is 11.3 Å². The minimum absolute atomic E-state index is 0.0291. The molecule has 0 radical (unpaired) electrons. The Morgan fingerprint density at radius 3 is 2.23 bits per heavy atom. The van der Waals surface area contributed by atoms with Crippen LogP contribution in [0.25, 0.3) is 0 Å². The third kappa shape index (κ3) is 8.58. The topological polar surface area (TPSA) is 49.4 Å². The Hall–Kier alpha value is -1.98. The van der Waals surface area contributed by atoms with Crippen LogP contribution < -0.4 is 5.32 Å². The summed E-state index contributed by atoms with van der Waals surface area (Å²) in [7, 11) is 0. The van der Waals surface area contributed by atoms with Crippen LogP contribution in [-0.2, 0) is 21.9 Å². The van der Waals surface area contributed by atoms with E-state index in [1.807, 2.05) is 31.2 Å². The van der Waals surface area contributed by atoms with Crippen molar-refractivity contribution >= 4 is 35.2 Å². The summed E-state index contributed by atoms with van der Waals surface area (Å²) in [5.74, 6) is 1.32. The molecule has 0 spiro atoms.